The third-order valence-corrected chi connectivity index (χ3v) is 2.06. The highest BCUT2D eigenvalue weighted by molar-refractivity contribution is 7.88. The summed E-state index contributed by atoms with van der Waals surface area (Å²) in [5, 5.41) is 0.752. The lowest BCUT2D eigenvalue weighted by atomic mass is 10.2. The Bertz CT molecular complexity index is 485. The Balaban J connectivity index is 0.000000437. The summed E-state index contributed by atoms with van der Waals surface area (Å²) in [6, 6.07) is 8.86. The lowest BCUT2D eigenvalue weighted by molar-refractivity contribution is 0.494. The molecule has 0 fully saturated rings. The van der Waals surface area contributed by atoms with Gasteiger partial charge in [-0.05, 0) is 18.6 Å². The third kappa shape index (κ3) is 10.6. The fourth-order valence-electron chi connectivity index (χ4n) is 0.729. The zero-order chi connectivity index (χ0) is 13.3. The van der Waals surface area contributed by atoms with Crippen molar-refractivity contribution in [1.29, 1.82) is 0 Å². The van der Waals surface area contributed by atoms with Crippen molar-refractivity contribution in [3.8, 4) is 0 Å². The fraction of sp³-hybridized carbons (Fsp3) is 0.0769. The fourth-order valence-corrected chi connectivity index (χ4v) is 1.06. The molecule has 3 nitrogen and oxygen atoms in total. The molecule has 92 valence electrons. The molecule has 1 rings (SSSR count). The van der Waals surface area contributed by atoms with Gasteiger partial charge in [-0.1, -0.05) is 55.1 Å². The summed E-state index contributed by atoms with van der Waals surface area (Å²) in [5.74, 6) is 0. The second-order valence-electron chi connectivity index (χ2n) is 3.28. The molecular formula is C13H16O3S. The van der Waals surface area contributed by atoms with Gasteiger partial charge < -0.3 is 0 Å². The van der Waals surface area contributed by atoms with Gasteiger partial charge in [-0.3, -0.25) is 4.55 Å². The average molecular weight is 252 g/mol. The van der Waals surface area contributed by atoms with Crippen LogP contribution in [0.15, 0.2) is 60.5 Å². The van der Waals surface area contributed by atoms with E-state index in [1.165, 1.54) is 6.08 Å². The molecule has 0 atom stereocenters. The van der Waals surface area contributed by atoms with Crippen LogP contribution in [0.25, 0.3) is 6.08 Å². The SMILES string of the molecule is C=CC(=C)C.O=S(=O)(O)C=Cc1ccccc1. The molecule has 1 aromatic rings. The molecule has 0 aliphatic carbocycles. The molecule has 0 amide bonds. The van der Waals surface area contributed by atoms with Crippen LogP contribution in [-0.4, -0.2) is 13.0 Å². The maximum atomic E-state index is 10.3. The summed E-state index contributed by atoms with van der Waals surface area (Å²) in [4.78, 5) is 0. The second-order valence-corrected chi connectivity index (χ2v) is 4.58. The Labute approximate surface area is 103 Å². The highest BCUT2D eigenvalue weighted by atomic mass is 32.2. The van der Waals surface area contributed by atoms with Crippen molar-refractivity contribution in [2.45, 2.75) is 6.92 Å². The second kappa shape index (κ2) is 7.60. The van der Waals surface area contributed by atoms with Crippen molar-refractivity contribution in [3.63, 3.8) is 0 Å². The smallest absolute Gasteiger partial charge is 0.282 e. The van der Waals surface area contributed by atoms with Crippen molar-refractivity contribution in [2.75, 3.05) is 0 Å². The Kier molecular flexibility index (Phi) is 6.86. The van der Waals surface area contributed by atoms with Gasteiger partial charge in [0.1, 0.15) is 0 Å². The molecule has 0 saturated carbocycles. The highest BCUT2D eigenvalue weighted by Crippen LogP contribution is 2.01. The molecule has 0 radical (unpaired) electrons. The predicted octanol–water partition coefficient (Wildman–Crippen LogP) is 3.29. The number of allylic oxidation sites excluding steroid dienone is 2. The molecule has 0 saturated heterocycles. The van der Waals surface area contributed by atoms with E-state index < -0.39 is 10.1 Å². The first-order valence-electron chi connectivity index (χ1n) is 4.83. The van der Waals surface area contributed by atoms with Crippen LogP contribution in [0.4, 0.5) is 0 Å². The highest BCUT2D eigenvalue weighted by Gasteiger charge is 1.94. The lowest BCUT2D eigenvalue weighted by Gasteiger charge is -1.89. The van der Waals surface area contributed by atoms with E-state index in [0.29, 0.717) is 0 Å². The van der Waals surface area contributed by atoms with Gasteiger partial charge in [0.2, 0.25) is 0 Å². The number of hydrogen-bond donors (Lipinski definition) is 1. The minimum atomic E-state index is -4.00. The molecular weight excluding hydrogens is 236 g/mol. The molecule has 0 spiro atoms. The third-order valence-electron chi connectivity index (χ3n) is 1.58. The number of rotatable bonds is 3. The predicted molar refractivity (Wildman–Crippen MR) is 72.0 cm³/mol. The van der Waals surface area contributed by atoms with Crippen molar-refractivity contribution < 1.29 is 13.0 Å². The minimum Gasteiger partial charge on any atom is -0.282 e. The van der Waals surface area contributed by atoms with E-state index in [1.54, 1.807) is 30.3 Å². The summed E-state index contributed by atoms with van der Waals surface area (Å²) in [7, 11) is -4.00. The zero-order valence-corrected chi connectivity index (χ0v) is 10.5. The van der Waals surface area contributed by atoms with Crippen LogP contribution < -0.4 is 0 Å². The lowest BCUT2D eigenvalue weighted by Crippen LogP contribution is -1.88. The summed E-state index contributed by atoms with van der Waals surface area (Å²) in [6.45, 7) is 8.93. The van der Waals surface area contributed by atoms with Crippen LogP contribution in [0.1, 0.15) is 12.5 Å². The molecule has 1 N–H and O–H groups in total. The van der Waals surface area contributed by atoms with E-state index >= 15 is 0 Å². The van der Waals surface area contributed by atoms with Crippen LogP contribution in [0, 0.1) is 0 Å². The normalized spacial score (nSPS) is 10.5. The van der Waals surface area contributed by atoms with Crippen molar-refractivity contribution in [1.82, 2.24) is 0 Å². The van der Waals surface area contributed by atoms with E-state index in [1.807, 2.05) is 13.0 Å². The zero-order valence-electron chi connectivity index (χ0n) is 9.70. The molecule has 0 aliphatic rings. The van der Waals surface area contributed by atoms with Crippen LogP contribution in [0.5, 0.6) is 0 Å². The summed E-state index contributed by atoms with van der Waals surface area (Å²) in [6.07, 6.45) is 3.05. The molecule has 0 bridgehead atoms. The average Bonchev–Trinajstić information content (AvgIpc) is 2.28. The van der Waals surface area contributed by atoms with Crippen molar-refractivity contribution in [2.24, 2.45) is 0 Å². The minimum absolute atomic E-state index is 0.732. The Morgan fingerprint density at radius 1 is 1.29 bits per heavy atom. The van der Waals surface area contributed by atoms with Crippen LogP contribution >= 0.6 is 0 Å². The molecule has 4 heteroatoms. The molecule has 0 aliphatic heterocycles. The van der Waals surface area contributed by atoms with Gasteiger partial charge in [0.25, 0.3) is 10.1 Å². The molecule has 0 unspecified atom stereocenters. The number of benzene rings is 1. The van der Waals surface area contributed by atoms with Crippen LogP contribution in [0.3, 0.4) is 0 Å². The van der Waals surface area contributed by atoms with Gasteiger partial charge in [-0.2, -0.15) is 8.42 Å². The van der Waals surface area contributed by atoms with Crippen LogP contribution in [0.2, 0.25) is 0 Å². The van der Waals surface area contributed by atoms with Gasteiger partial charge in [0.15, 0.2) is 0 Å². The topological polar surface area (TPSA) is 54.4 Å². The van der Waals surface area contributed by atoms with E-state index in [-0.39, 0.29) is 0 Å². The Hall–Kier alpha value is -1.65. The van der Waals surface area contributed by atoms with Gasteiger partial charge in [0, 0.05) is 0 Å². The van der Waals surface area contributed by atoms with Crippen molar-refractivity contribution in [3.05, 3.63) is 66.1 Å². The Morgan fingerprint density at radius 3 is 2.12 bits per heavy atom. The number of hydrogen-bond acceptors (Lipinski definition) is 2. The first-order chi connectivity index (χ1) is 7.85. The van der Waals surface area contributed by atoms with E-state index in [0.717, 1.165) is 16.5 Å². The molecule has 0 aromatic heterocycles. The molecule has 17 heavy (non-hydrogen) atoms. The first kappa shape index (κ1) is 15.4. The van der Waals surface area contributed by atoms with Crippen molar-refractivity contribution >= 4 is 16.2 Å². The quantitative estimate of drug-likeness (QED) is 0.663. The van der Waals surface area contributed by atoms with E-state index in [9.17, 15) is 8.42 Å². The van der Waals surface area contributed by atoms with E-state index in [4.69, 9.17) is 4.55 Å². The van der Waals surface area contributed by atoms with Crippen LogP contribution in [-0.2, 0) is 10.1 Å². The summed E-state index contributed by atoms with van der Waals surface area (Å²) in [5.41, 5.74) is 1.75. The first-order valence-corrected chi connectivity index (χ1v) is 6.34. The standard InChI is InChI=1S/C8H8O3S.C5H8/c9-12(10,11)7-6-8-4-2-1-3-5-8;1-4-5(2)3/h1-7H,(H,9,10,11);4H,1-2H2,3H3. The summed E-state index contributed by atoms with van der Waals surface area (Å²) >= 11 is 0. The monoisotopic (exact) mass is 252 g/mol. The van der Waals surface area contributed by atoms with E-state index in [2.05, 4.69) is 13.2 Å². The van der Waals surface area contributed by atoms with Gasteiger partial charge in [0.05, 0.1) is 5.41 Å². The maximum Gasteiger partial charge on any atom is 0.287 e. The molecule has 0 heterocycles. The largest absolute Gasteiger partial charge is 0.287 e. The van der Waals surface area contributed by atoms with Gasteiger partial charge in [-0.25, -0.2) is 0 Å². The summed E-state index contributed by atoms with van der Waals surface area (Å²) < 4.78 is 28.9. The van der Waals surface area contributed by atoms with Gasteiger partial charge in [-0.15, -0.1) is 0 Å². The maximum absolute atomic E-state index is 10.3. The molecule has 1 aromatic carbocycles. The Morgan fingerprint density at radius 2 is 1.76 bits per heavy atom. The van der Waals surface area contributed by atoms with Gasteiger partial charge >= 0.3 is 0 Å².